The Labute approximate surface area is 196 Å². The molecule has 5 rings (SSSR count). The van der Waals surface area contributed by atoms with Gasteiger partial charge in [-0.25, -0.2) is 22.2 Å². The lowest BCUT2D eigenvalue weighted by atomic mass is 9.95. The van der Waals surface area contributed by atoms with E-state index in [2.05, 4.69) is 9.82 Å². The number of carbonyl (C=O) groups excluding carboxylic acids is 1. The number of rotatable bonds is 5. The summed E-state index contributed by atoms with van der Waals surface area (Å²) in [6.07, 6.45) is 4.78. The van der Waals surface area contributed by atoms with Crippen molar-refractivity contribution in [3.63, 3.8) is 0 Å². The van der Waals surface area contributed by atoms with E-state index >= 15 is 0 Å². The van der Waals surface area contributed by atoms with E-state index < -0.39 is 10.0 Å². The van der Waals surface area contributed by atoms with Gasteiger partial charge in [-0.15, -0.1) is 11.3 Å². The van der Waals surface area contributed by atoms with Gasteiger partial charge in [0.25, 0.3) is 5.91 Å². The van der Waals surface area contributed by atoms with Gasteiger partial charge < -0.3 is 4.90 Å². The van der Waals surface area contributed by atoms with Crippen molar-refractivity contribution in [3.05, 3.63) is 64.5 Å². The molecule has 0 saturated carbocycles. The maximum atomic E-state index is 13.4. The van der Waals surface area contributed by atoms with Crippen LogP contribution in [-0.2, 0) is 22.9 Å². The minimum absolute atomic E-state index is 0.117. The number of sulfonamides is 1. The van der Waals surface area contributed by atoms with Crippen LogP contribution in [0.2, 0.25) is 0 Å². The summed E-state index contributed by atoms with van der Waals surface area (Å²) in [4.78, 5) is 15.2. The third-order valence-corrected chi connectivity index (χ3v) is 9.24. The van der Waals surface area contributed by atoms with Crippen LogP contribution in [0.1, 0.15) is 47.4 Å². The molecule has 10 heteroatoms. The SMILES string of the molecule is O=C(c1nn(-c2ccc(F)cc2)c2c1CCCC2)N1CCC(NS(=O)(=O)c2cccs2)CC1. The summed E-state index contributed by atoms with van der Waals surface area (Å²) in [7, 11) is -3.53. The predicted octanol–water partition coefficient (Wildman–Crippen LogP) is 3.53. The lowest BCUT2D eigenvalue weighted by molar-refractivity contribution is 0.0703. The highest BCUT2D eigenvalue weighted by molar-refractivity contribution is 7.91. The summed E-state index contributed by atoms with van der Waals surface area (Å²) in [5.74, 6) is -0.428. The van der Waals surface area contributed by atoms with Crippen molar-refractivity contribution in [1.82, 2.24) is 19.4 Å². The number of nitrogens with one attached hydrogen (secondary N) is 1. The average Bonchev–Trinajstić information content (AvgIpc) is 3.49. The van der Waals surface area contributed by atoms with Crippen molar-refractivity contribution in [2.75, 3.05) is 13.1 Å². The topological polar surface area (TPSA) is 84.3 Å². The Morgan fingerprint density at radius 2 is 1.82 bits per heavy atom. The standard InChI is InChI=1S/C23H25FN4O3S2/c24-16-7-9-18(10-8-16)28-20-5-2-1-4-19(20)22(25-28)23(29)27-13-11-17(12-14-27)26-33(30,31)21-6-3-15-32-21/h3,6-10,15,17,26H,1-2,4-5,11-14H2. The van der Waals surface area contributed by atoms with Gasteiger partial charge in [-0.3, -0.25) is 4.79 Å². The number of halogens is 1. The molecule has 1 saturated heterocycles. The molecular formula is C23H25FN4O3S2. The van der Waals surface area contributed by atoms with Crippen LogP contribution < -0.4 is 4.72 Å². The molecule has 0 atom stereocenters. The zero-order valence-electron chi connectivity index (χ0n) is 18.0. The van der Waals surface area contributed by atoms with Crippen molar-refractivity contribution >= 4 is 27.3 Å². The second-order valence-electron chi connectivity index (χ2n) is 8.49. The zero-order valence-corrected chi connectivity index (χ0v) is 19.7. The second-order valence-corrected chi connectivity index (χ2v) is 11.4. The van der Waals surface area contributed by atoms with Gasteiger partial charge in [0, 0.05) is 30.4 Å². The molecule has 0 radical (unpaired) electrons. The van der Waals surface area contributed by atoms with Crippen LogP contribution in [0.25, 0.3) is 5.69 Å². The van der Waals surface area contributed by atoms with Gasteiger partial charge in [-0.1, -0.05) is 6.07 Å². The molecule has 33 heavy (non-hydrogen) atoms. The Balaban J connectivity index is 1.32. The quantitative estimate of drug-likeness (QED) is 0.596. The van der Waals surface area contributed by atoms with E-state index in [0.29, 0.717) is 35.8 Å². The molecule has 0 unspecified atom stereocenters. The van der Waals surface area contributed by atoms with Crippen LogP contribution in [0.3, 0.4) is 0 Å². The van der Waals surface area contributed by atoms with E-state index in [1.165, 1.54) is 23.5 Å². The second kappa shape index (κ2) is 9.00. The number of fused-ring (bicyclic) bond motifs is 1. The molecule has 1 amide bonds. The smallest absolute Gasteiger partial charge is 0.274 e. The molecule has 3 aromatic rings. The van der Waals surface area contributed by atoms with Gasteiger partial charge in [-0.2, -0.15) is 5.10 Å². The minimum Gasteiger partial charge on any atom is -0.337 e. The monoisotopic (exact) mass is 488 g/mol. The normalized spacial score (nSPS) is 17.2. The highest BCUT2D eigenvalue weighted by atomic mass is 32.2. The molecule has 2 aromatic heterocycles. The number of aromatic nitrogens is 2. The van der Waals surface area contributed by atoms with Gasteiger partial charge in [-0.05, 0) is 74.2 Å². The lowest BCUT2D eigenvalue weighted by Gasteiger charge is -2.32. The molecule has 1 N–H and O–H groups in total. The Bertz CT molecular complexity index is 1250. The van der Waals surface area contributed by atoms with Crippen molar-refractivity contribution in [3.8, 4) is 5.69 Å². The van der Waals surface area contributed by atoms with E-state index in [1.54, 1.807) is 39.2 Å². The number of nitrogens with zero attached hydrogens (tertiary/aromatic N) is 3. The van der Waals surface area contributed by atoms with E-state index in [9.17, 15) is 17.6 Å². The van der Waals surface area contributed by atoms with E-state index in [-0.39, 0.29) is 17.8 Å². The largest absolute Gasteiger partial charge is 0.337 e. The summed E-state index contributed by atoms with van der Waals surface area (Å²) < 4.78 is 43.3. The number of hydrogen-bond acceptors (Lipinski definition) is 5. The molecule has 0 spiro atoms. The van der Waals surface area contributed by atoms with Crippen LogP contribution in [0, 0.1) is 5.82 Å². The molecule has 7 nitrogen and oxygen atoms in total. The molecule has 2 aliphatic rings. The molecule has 174 valence electrons. The first-order valence-corrected chi connectivity index (χ1v) is 13.5. The van der Waals surface area contributed by atoms with E-state index in [0.717, 1.165) is 42.6 Å². The maximum absolute atomic E-state index is 13.4. The first-order valence-electron chi connectivity index (χ1n) is 11.1. The van der Waals surface area contributed by atoms with Gasteiger partial charge in [0.1, 0.15) is 10.0 Å². The minimum atomic E-state index is -3.53. The van der Waals surface area contributed by atoms with Crippen molar-refractivity contribution in [1.29, 1.82) is 0 Å². The molecule has 0 bridgehead atoms. The van der Waals surface area contributed by atoms with Gasteiger partial charge >= 0.3 is 0 Å². The average molecular weight is 489 g/mol. The van der Waals surface area contributed by atoms with Crippen LogP contribution in [0.4, 0.5) is 4.39 Å². The maximum Gasteiger partial charge on any atom is 0.274 e. The van der Waals surface area contributed by atoms with Crippen molar-refractivity contribution < 1.29 is 17.6 Å². The molecule has 3 heterocycles. The summed E-state index contributed by atoms with van der Waals surface area (Å²) in [6.45, 7) is 0.934. The zero-order chi connectivity index (χ0) is 23.0. The van der Waals surface area contributed by atoms with Gasteiger partial charge in [0.15, 0.2) is 5.69 Å². The Morgan fingerprint density at radius 1 is 1.09 bits per heavy atom. The van der Waals surface area contributed by atoms with E-state index in [4.69, 9.17) is 0 Å². The van der Waals surface area contributed by atoms with Gasteiger partial charge in [0.2, 0.25) is 10.0 Å². The van der Waals surface area contributed by atoms with Gasteiger partial charge in [0.05, 0.1) is 5.69 Å². The fraction of sp³-hybridized carbons (Fsp3) is 0.391. The number of likely N-dealkylation sites (tertiary alicyclic amines) is 1. The highest BCUT2D eigenvalue weighted by Gasteiger charge is 2.32. The van der Waals surface area contributed by atoms with Crippen molar-refractivity contribution in [2.45, 2.75) is 48.8 Å². The molecule has 1 fully saturated rings. The molecule has 1 aliphatic heterocycles. The Kier molecular flexibility index (Phi) is 6.07. The first kappa shape index (κ1) is 22.2. The number of benzene rings is 1. The Morgan fingerprint density at radius 3 is 2.52 bits per heavy atom. The van der Waals surface area contributed by atoms with Crippen LogP contribution in [-0.4, -0.2) is 48.1 Å². The van der Waals surface area contributed by atoms with Crippen molar-refractivity contribution in [2.24, 2.45) is 0 Å². The fourth-order valence-electron chi connectivity index (χ4n) is 4.61. The lowest BCUT2D eigenvalue weighted by Crippen LogP contribution is -2.46. The molecule has 1 aromatic carbocycles. The summed E-state index contributed by atoms with van der Waals surface area (Å²) >= 11 is 1.19. The number of thiophene rings is 1. The first-order chi connectivity index (χ1) is 15.9. The fourth-order valence-corrected chi connectivity index (χ4v) is 6.93. The number of amides is 1. The summed E-state index contributed by atoms with van der Waals surface area (Å²) in [6, 6.07) is 9.25. The molecule has 1 aliphatic carbocycles. The van der Waals surface area contributed by atoms with Crippen LogP contribution >= 0.6 is 11.3 Å². The number of piperidine rings is 1. The van der Waals surface area contributed by atoms with Crippen LogP contribution in [0.5, 0.6) is 0 Å². The number of hydrogen-bond donors (Lipinski definition) is 1. The molecular weight excluding hydrogens is 463 g/mol. The third-order valence-electron chi connectivity index (χ3n) is 6.32. The van der Waals surface area contributed by atoms with Crippen LogP contribution in [0.15, 0.2) is 46.0 Å². The summed E-state index contributed by atoms with van der Waals surface area (Å²) in [5, 5.41) is 6.41. The van der Waals surface area contributed by atoms with E-state index in [1.807, 2.05) is 0 Å². The summed E-state index contributed by atoms with van der Waals surface area (Å²) in [5.41, 5.74) is 3.22. The third kappa shape index (κ3) is 4.47. The predicted molar refractivity (Wildman–Crippen MR) is 124 cm³/mol. The number of carbonyl (C=O) groups is 1. The highest BCUT2D eigenvalue weighted by Crippen LogP contribution is 2.29. The Hall–Kier alpha value is -2.56.